The molecule has 2 unspecified atom stereocenters. The number of benzene rings is 1. The van der Waals surface area contributed by atoms with Crippen molar-refractivity contribution in [2.24, 2.45) is 5.92 Å². The number of rotatable bonds is 3. The van der Waals surface area contributed by atoms with E-state index in [1.54, 1.807) is 0 Å². The molecule has 0 bridgehead atoms. The van der Waals surface area contributed by atoms with Gasteiger partial charge in [-0.15, -0.1) is 0 Å². The first-order valence-corrected chi connectivity index (χ1v) is 8.23. The second kappa shape index (κ2) is 6.42. The van der Waals surface area contributed by atoms with Crippen LogP contribution in [0, 0.1) is 17.6 Å². The van der Waals surface area contributed by atoms with Gasteiger partial charge in [0, 0.05) is 0 Å². The highest BCUT2D eigenvalue weighted by atomic mass is 19.1. The maximum Gasteiger partial charge on any atom is 0.325 e. The fraction of sp³-hybridized carbons (Fsp3) is 0.471. The van der Waals surface area contributed by atoms with Crippen LogP contribution in [0.15, 0.2) is 18.2 Å². The van der Waals surface area contributed by atoms with Crippen molar-refractivity contribution < 1.29 is 23.2 Å². The monoisotopic (exact) mass is 351 g/mol. The fourth-order valence-electron chi connectivity index (χ4n) is 3.58. The predicted molar refractivity (Wildman–Crippen MR) is 85.6 cm³/mol. The molecule has 2 atom stereocenters. The van der Waals surface area contributed by atoms with Crippen molar-refractivity contribution in [1.82, 2.24) is 10.2 Å². The summed E-state index contributed by atoms with van der Waals surface area (Å²) >= 11 is 0. The van der Waals surface area contributed by atoms with E-state index in [2.05, 4.69) is 10.6 Å². The minimum Gasteiger partial charge on any atom is -0.323 e. The highest BCUT2D eigenvalue weighted by molar-refractivity contribution is 6.10. The molecule has 1 saturated carbocycles. The van der Waals surface area contributed by atoms with E-state index >= 15 is 0 Å². The average molecular weight is 351 g/mol. The van der Waals surface area contributed by atoms with Crippen molar-refractivity contribution in [3.63, 3.8) is 0 Å². The number of anilines is 1. The minimum absolute atomic E-state index is 0.0326. The van der Waals surface area contributed by atoms with Crippen LogP contribution in [0.25, 0.3) is 0 Å². The fourth-order valence-corrected chi connectivity index (χ4v) is 3.58. The number of hydrogen-bond donors (Lipinski definition) is 2. The Labute approximate surface area is 143 Å². The van der Waals surface area contributed by atoms with Crippen LogP contribution >= 0.6 is 0 Å². The molecule has 1 aromatic rings. The zero-order chi connectivity index (χ0) is 18.2. The largest absolute Gasteiger partial charge is 0.325 e. The number of imide groups is 1. The summed E-state index contributed by atoms with van der Waals surface area (Å²) in [6.45, 7) is 1.31. The molecule has 3 rings (SSSR count). The Bertz CT molecular complexity index is 720. The summed E-state index contributed by atoms with van der Waals surface area (Å²) < 4.78 is 27.2. The van der Waals surface area contributed by atoms with Crippen molar-refractivity contribution in [2.75, 3.05) is 11.9 Å². The lowest BCUT2D eigenvalue weighted by Gasteiger charge is -2.36. The van der Waals surface area contributed by atoms with Gasteiger partial charge in [-0.05, 0) is 30.9 Å². The van der Waals surface area contributed by atoms with Gasteiger partial charge in [0.25, 0.3) is 5.91 Å². The summed E-state index contributed by atoms with van der Waals surface area (Å²) in [6, 6.07) is 2.53. The van der Waals surface area contributed by atoms with Crippen LogP contribution < -0.4 is 10.6 Å². The highest BCUT2D eigenvalue weighted by Gasteiger charge is 2.55. The van der Waals surface area contributed by atoms with Crippen LogP contribution in [0.1, 0.15) is 32.6 Å². The Morgan fingerprint density at radius 1 is 1.32 bits per heavy atom. The molecule has 25 heavy (non-hydrogen) atoms. The molecular formula is C17H19F2N3O3. The van der Waals surface area contributed by atoms with Crippen LogP contribution in [-0.2, 0) is 9.59 Å². The van der Waals surface area contributed by atoms with E-state index in [9.17, 15) is 23.2 Å². The van der Waals surface area contributed by atoms with Crippen molar-refractivity contribution >= 4 is 23.5 Å². The molecule has 1 saturated heterocycles. The Kier molecular flexibility index (Phi) is 4.45. The molecule has 1 aromatic carbocycles. The predicted octanol–water partition coefficient (Wildman–Crippen LogP) is 2.40. The maximum absolute atomic E-state index is 13.6. The standard InChI is InChI=1S/C17H19F2N3O3/c1-10-5-2-3-8-17(10)15(24)22(16(25)21-17)9-13(23)20-14-11(18)6-4-7-12(14)19/h4,6-7,10H,2-3,5,8-9H2,1H3,(H,20,23)(H,21,25). The molecular weight excluding hydrogens is 332 g/mol. The van der Waals surface area contributed by atoms with Crippen LogP contribution in [0.2, 0.25) is 0 Å². The lowest BCUT2D eigenvalue weighted by atomic mass is 9.73. The highest BCUT2D eigenvalue weighted by Crippen LogP contribution is 2.38. The van der Waals surface area contributed by atoms with E-state index in [1.165, 1.54) is 6.07 Å². The molecule has 2 fully saturated rings. The van der Waals surface area contributed by atoms with Gasteiger partial charge in [-0.3, -0.25) is 14.5 Å². The van der Waals surface area contributed by atoms with Crippen LogP contribution in [0.3, 0.4) is 0 Å². The maximum atomic E-state index is 13.6. The SMILES string of the molecule is CC1CCCCC12NC(=O)N(CC(=O)Nc1c(F)cccc1F)C2=O. The first-order valence-electron chi connectivity index (χ1n) is 8.23. The summed E-state index contributed by atoms with van der Waals surface area (Å²) in [4.78, 5) is 37.8. The lowest BCUT2D eigenvalue weighted by molar-refractivity contribution is -0.136. The number of hydrogen-bond acceptors (Lipinski definition) is 3. The number of nitrogens with one attached hydrogen (secondary N) is 2. The van der Waals surface area contributed by atoms with Gasteiger partial charge in [-0.25, -0.2) is 13.6 Å². The van der Waals surface area contributed by atoms with Crippen molar-refractivity contribution in [3.05, 3.63) is 29.8 Å². The van der Waals surface area contributed by atoms with Gasteiger partial charge in [-0.1, -0.05) is 25.8 Å². The number of urea groups is 1. The Morgan fingerprint density at radius 2 is 2.00 bits per heavy atom. The second-order valence-corrected chi connectivity index (χ2v) is 6.58. The van der Waals surface area contributed by atoms with E-state index in [-0.39, 0.29) is 5.92 Å². The second-order valence-electron chi connectivity index (χ2n) is 6.58. The topological polar surface area (TPSA) is 78.5 Å². The van der Waals surface area contributed by atoms with Crippen molar-refractivity contribution in [2.45, 2.75) is 38.1 Å². The third-order valence-electron chi connectivity index (χ3n) is 5.03. The molecule has 1 aliphatic carbocycles. The van der Waals surface area contributed by atoms with Gasteiger partial charge in [-0.2, -0.15) is 0 Å². The molecule has 8 heteroatoms. The third-order valence-corrected chi connectivity index (χ3v) is 5.03. The molecule has 6 nitrogen and oxygen atoms in total. The van der Waals surface area contributed by atoms with Gasteiger partial charge in [0.1, 0.15) is 29.4 Å². The molecule has 134 valence electrons. The van der Waals surface area contributed by atoms with Gasteiger partial charge < -0.3 is 10.6 Å². The molecule has 1 spiro atoms. The first kappa shape index (κ1) is 17.3. The van der Waals surface area contributed by atoms with Crippen LogP contribution in [0.5, 0.6) is 0 Å². The van der Waals surface area contributed by atoms with Crippen molar-refractivity contribution in [1.29, 1.82) is 0 Å². The molecule has 1 aliphatic heterocycles. The lowest BCUT2D eigenvalue weighted by Crippen LogP contribution is -2.54. The first-order chi connectivity index (χ1) is 11.8. The third kappa shape index (κ3) is 2.96. The summed E-state index contributed by atoms with van der Waals surface area (Å²) in [5.41, 5.74) is -1.57. The summed E-state index contributed by atoms with van der Waals surface area (Å²) in [6.07, 6.45) is 3.14. The van der Waals surface area contributed by atoms with Gasteiger partial charge >= 0.3 is 6.03 Å². The molecule has 0 aromatic heterocycles. The zero-order valence-corrected chi connectivity index (χ0v) is 13.8. The minimum atomic E-state index is -0.973. The number of para-hydroxylation sites is 1. The Morgan fingerprint density at radius 3 is 2.64 bits per heavy atom. The van der Waals surface area contributed by atoms with E-state index < -0.39 is 47.3 Å². The van der Waals surface area contributed by atoms with Crippen molar-refractivity contribution in [3.8, 4) is 0 Å². The number of nitrogens with zero attached hydrogens (tertiary/aromatic N) is 1. The van der Waals surface area contributed by atoms with Gasteiger partial charge in [0.15, 0.2) is 0 Å². The molecule has 2 N–H and O–H groups in total. The van der Waals surface area contributed by atoms with E-state index in [0.29, 0.717) is 6.42 Å². The number of halogens is 2. The molecule has 1 heterocycles. The van der Waals surface area contributed by atoms with Gasteiger partial charge in [0.2, 0.25) is 5.91 Å². The van der Waals surface area contributed by atoms with E-state index in [0.717, 1.165) is 36.3 Å². The van der Waals surface area contributed by atoms with Gasteiger partial charge in [0.05, 0.1) is 0 Å². The molecule has 0 radical (unpaired) electrons. The number of carbonyl (C=O) groups is 3. The number of carbonyl (C=O) groups excluding carboxylic acids is 3. The van der Waals surface area contributed by atoms with Crippen LogP contribution in [-0.4, -0.2) is 34.8 Å². The van der Waals surface area contributed by atoms with E-state index in [4.69, 9.17) is 0 Å². The smallest absolute Gasteiger partial charge is 0.323 e. The summed E-state index contributed by atoms with van der Waals surface area (Å²) in [5, 5.41) is 4.81. The molecule has 2 aliphatic rings. The summed E-state index contributed by atoms with van der Waals surface area (Å²) in [7, 11) is 0. The zero-order valence-electron chi connectivity index (χ0n) is 13.8. The molecule has 4 amide bonds. The Balaban J connectivity index is 1.73. The Hall–Kier alpha value is -2.51. The number of amides is 4. The average Bonchev–Trinajstić information content (AvgIpc) is 2.79. The van der Waals surface area contributed by atoms with Crippen LogP contribution in [0.4, 0.5) is 19.3 Å². The summed E-state index contributed by atoms with van der Waals surface area (Å²) in [5.74, 6) is -3.18. The van der Waals surface area contributed by atoms with E-state index in [1.807, 2.05) is 6.92 Å². The normalized spacial score (nSPS) is 26.0. The quantitative estimate of drug-likeness (QED) is 0.821.